The predicted molar refractivity (Wildman–Crippen MR) is 83.3 cm³/mol. The van der Waals surface area contributed by atoms with Gasteiger partial charge in [-0.15, -0.1) is 0 Å². The first kappa shape index (κ1) is 17.2. The largest absolute Gasteiger partial charge is 0.480 e. The van der Waals surface area contributed by atoms with E-state index >= 15 is 0 Å². The van der Waals surface area contributed by atoms with Crippen molar-refractivity contribution in [1.29, 1.82) is 0 Å². The molecule has 4 heteroatoms. The summed E-state index contributed by atoms with van der Waals surface area (Å²) in [4.78, 5) is 22.7. The van der Waals surface area contributed by atoms with Crippen LogP contribution in [0.15, 0.2) is 18.2 Å². The highest BCUT2D eigenvalue weighted by Crippen LogP contribution is 2.12. The summed E-state index contributed by atoms with van der Waals surface area (Å²) in [5.74, 6) is -1.14. The first-order valence-corrected chi connectivity index (χ1v) is 7.52. The number of nitrogens with one attached hydrogen (secondary N) is 1. The Hall–Kier alpha value is -1.84. The van der Waals surface area contributed by atoms with Gasteiger partial charge in [0.2, 0.25) is 5.91 Å². The van der Waals surface area contributed by atoms with Gasteiger partial charge in [0.25, 0.3) is 0 Å². The third-order valence-electron chi connectivity index (χ3n) is 3.65. The molecule has 0 bridgehead atoms. The third kappa shape index (κ3) is 5.98. The SMILES string of the molecule is CCCC(NC(=O)CCCc1ccc(C)c(C)c1)C(=O)O. The molecule has 0 radical (unpaired) electrons. The van der Waals surface area contributed by atoms with Gasteiger partial charge in [-0.25, -0.2) is 4.79 Å². The average molecular weight is 291 g/mol. The van der Waals surface area contributed by atoms with Crippen molar-refractivity contribution in [3.8, 4) is 0 Å². The average Bonchev–Trinajstić information content (AvgIpc) is 2.42. The van der Waals surface area contributed by atoms with Crippen LogP contribution in [0.5, 0.6) is 0 Å². The molecule has 0 aliphatic carbocycles. The molecule has 1 rings (SSSR count). The van der Waals surface area contributed by atoms with Crippen LogP contribution in [0.1, 0.15) is 49.3 Å². The van der Waals surface area contributed by atoms with Crippen molar-refractivity contribution in [2.45, 2.75) is 58.9 Å². The van der Waals surface area contributed by atoms with E-state index in [1.54, 1.807) is 0 Å². The Morgan fingerprint density at radius 2 is 1.95 bits per heavy atom. The zero-order valence-electron chi connectivity index (χ0n) is 13.1. The van der Waals surface area contributed by atoms with Gasteiger partial charge in [0.05, 0.1) is 0 Å². The second kappa shape index (κ2) is 8.45. The lowest BCUT2D eigenvalue weighted by molar-refractivity contribution is -0.142. The van der Waals surface area contributed by atoms with Crippen LogP contribution in [0.2, 0.25) is 0 Å². The van der Waals surface area contributed by atoms with Crippen molar-refractivity contribution in [2.75, 3.05) is 0 Å². The molecule has 0 heterocycles. The monoisotopic (exact) mass is 291 g/mol. The van der Waals surface area contributed by atoms with Crippen molar-refractivity contribution >= 4 is 11.9 Å². The summed E-state index contributed by atoms with van der Waals surface area (Å²) in [5, 5.41) is 11.6. The van der Waals surface area contributed by atoms with Gasteiger partial charge in [0.1, 0.15) is 6.04 Å². The van der Waals surface area contributed by atoms with Crippen molar-refractivity contribution in [3.63, 3.8) is 0 Å². The number of aryl methyl sites for hydroxylation is 3. The minimum atomic E-state index is -0.959. The zero-order chi connectivity index (χ0) is 15.8. The van der Waals surface area contributed by atoms with Crippen molar-refractivity contribution < 1.29 is 14.7 Å². The predicted octanol–water partition coefficient (Wildman–Crippen LogP) is 3.00. The molecule has 4 nitrogen and oxygen atoms in total. The fourth-order valence-electron chi connectivity index (χ4n) is 2.22. The molecule has 0 fully saturated rings. The number of carbonyl (C=O) groups excluding carboxylic acids is 1. The van der Waals surface area contributed by atoms with Crippen LogP contribution in [-0.2, 0) is 16.0 Å². The molecule has 1 unspecified atom stereocenters. The first-order chi connectivity index (χ1) is 9.93. The van der Waals surface area contributed by atoms with Gasteiger partial charge >= 0.3 is 5.97 Å². The van der Waals surface area contributed by atoms with Crippen LogP contribution in [0.3, 0.4) is 0 Å². The number of carboxylic acid groups (broad SMARTS) is 1. The van der Waals surface area contributed by atoms with Gasteiger partial charge in [-0.05, 0) is 49.8 Å². The summed E-state index contributed by atoms with van der Waals surface area (Å²) in [7, 11) is 0. The first-order valence-electron chi connectivity index (χ1n) is 7.52. The minimum absolute atomic E-state index is 0.181. The molecular weight excluding hydrogens is 266 g/mol. The van der Waals surface area contributed by atoms with Gasteiger partial charge in [0, 0.05) is 6.42 Å². The van der Waals surface area contributed by atoms with Gasteiger partial charge in [0.15, 0.2) is 0 Å². The Labute approximate surface area is 126 Å². The summed E-state index contributed by atoms with van der Waals surface area (Å²) in [5.41, 5.74) is 3.74. The maximum Gasteiger partial charge on any atom is 0.326 e. The molecule has 0 spiro atoms. The van der Waals surface area contributed by atoms with E-state index in [0.717, 1.165) is 19.3 Å². The molecule has 21 heavy (non-hydrogen) atoms. The Morgan fingerprint density at radius 3 is 2.52 bits per heavy atom. The van der Waals surface area contributed by atoms with Gasteiger partial charge in [-0.1, -0.05) is 31.5 Å². The molecule has 1 amide bonds. The molecule has 2 N–H and O–H groups in total. The fraction of sp³-hybridized carbons (Fsp3) is 0.529. The maximum absolute atomic E-state index is 11.8. The molecule has 0 aliphatic rings. The highest BCUT2D eigenvalue weighted by molar-refractivity contribution is 5.83. The van der Waals surface area contributed by atoms with E-state index in [1.807, 2.05) is 6.92 Å². The lowest BCUT2D eigenvalue weighted by atomic mass is 10.0. The molecule has 1 aromatic rings. The Kier molecular flexibility index (Phi) is 6.92. The van der Waals surface area contributed by atoms with E-state index < -0.39 is 12.0 Å². The van der Waals surface area contributed by atoms with Crippen LogP contribution in [0.25, 0.3) is 0 Å². The smallest absolute Gasteiger partial charge is 0.326 e. The number of amides is 1. The highest BCUT2D eigenvalue weighted by atomic mass is 16.4. The summed E-state index contributed by atoms with van der Waals surface area (Å²) >= 11 is 0. The number of aliphatic carboxylic acids is 1. The van der Waals surface area contributed by atoms with Gasteiger partial charge < -0.3 is 10.4 Å². The molecule has 0 saturated heterocycles. The summed E-state index contributed by atoms with van der Waals surface area (Å²) in [6.07, 6.45) is 3.13. The summed E-state index contributed by atoms with van der Waals surface area (Å²) in [6, 6.07) is 5.55. The maximum atomic E-state index is 11.8. The van der Waals surface area contributed by atoms with E-state index in [9.17, 15) is 9.59 Å². The molecule has 116 valence electrons. The number of rotatable bonds is 8. The van der Waals surface area contributed by atoms with Crippen LogP contribution in [0, 0.1) is 13.8 Å². The number of benzene rings is 1. The molecule has 0 saturated carbocycles. The topological polar surface area (TPSA) is 66.4 Å². The van der Waals surface area contributed by atoms with Crippen molar-refractivity contribution in [3.05, 3.63) is 34.9 Å². The van der Waals surface area contributed by atoms with Crippen LogP contribution >= 0.6 is 0 Å². The number of hydrogen-bond acceptors (Lipinski definition) is 2. The normalized spacial score (nSPS) is 12.0. The Balaban J connectivity index is 2.39. The van der Waals surface area contributed by atoms with E-state index in [2.05, 4.69) is 37.4 Å². The van der Waals surface area contributed by atoms with Crippen molar-refractivity contribution in [2.24, 2.45) is 0 Å². The van der Waals surface area contributed by atoms with E-state index in [1.165, 1.54) is 16.7 Å². The Bertz CT molecular complexity index is 497. The highest BCUT2D eigenvalue weighted by Gasteiger charge is 2.18. The lowest BCUT2D eigenvalue weighted by Gasteiger charge is -2.13. The van der Waals surface area contributed by atoms with Crippen LogP contribution in [0.4, 0.5) is 0 Å². The van der Waals surface area contributed by atoms with E-state index in [4.69, 9.17) is 5.11 Å². The lowest BCUT2D eigenvalue weighted by Crippen LogP contribution is -2.40. The molecule has 0 aromatic heterocycles. The third-order valence-corrected chi connectivity index (χ3v) is 3.65. The summed E-state index contributed by atoms with van der Waals surface area (Å²) in [6.45, 7) is 6.06. The molecule has 1 atom stereocenters. The Morgan fingerprint density at radius 1 is 1.24 bits per heavy atom. The molecule has 0 aliphatic heterocycles. The quantitative estimate of drug-likeness (QED) is 0.773. The summed E-state index contributed by atoms with van der Waals surface area (Å²) < 4.78 is 0. The van der Waals surface area contributed by atoms with Crippen LogP contribution < -0.4 is 5.32 Å². The number of hydrogen-bond donors (Lipinski definition) is 2. The van der Waals surface area contributed by atoms with Crippen molar-refractivity contribution in [1.82, 2.24) is 5.32 Å². The second-order valence-corrected chi connectivity index (χ2v) is 5.52. The number of carboxylic acids is 1. The number of carbonyl (C=O) groups is 2. The van der Waals surface area contributed by atoms with Gasteiger partial charge in [-0.2, -0.15) is 0 Å². The fourth-order valence-corrected chi connectivity index (χ4v) is 2.22. The van der Waals surface area contributed by atoms with E-state index in [-0.39, 0.29) is 5.91 Å². The standard InChI is InChI=1S/C17H25NO3/c1-4-6-15(17(20)21)18-16(19)8-5-7-14-10-9-12(2)13(3)11-14/h9-11,15H,4-8H2,1-3H3,(H,18,19)(H,20,21). The molecule has 1 aromatic carbocycles. The van der Waals surface area contributed by atoms with Gasteiger partial charge in [-0.3, -0.25) is 4.79 Å². The van der Waals surface area contributed by atoms with Crippen LogP contribution in [-0.4, -0.2) is 23.0 Å². The molecular formula is C17H25NO3. The zero-order valence-corrected chi connectivity index (χ0v) is 13.1. The second-order valence-electron chi connectivity index (χ2n) is 5.52. The minimum Gasteiger partial charge on any atom is -0.480 e. The van der Waals surface area contributed by atoms with E-state index in [0.29, 0.717) is 12.8 Å².